The van der Waals surface area contributed by atoms with Gasteiger partial charge in [-0.3, -0.25) is 0 Å². The van der Waals surface area contributed by atoms with Crippen molar-refractivity contribution in [1.82, 2.24) is 0 Å². The third-order valence-corrected chi connectivity index (χ3v) is 3.95. The molecular formula is C21H26O4. The second kappa shape index (κ2) is 8.06. The summed E-state index contributed by atoms with van der Waals surface area (Å²) >= 11 is 0. The average Bonchev–Trinajstić information content (AvgIpc) is 2.55. The van der Waals surface area contributed by atoms with Crippen LogP contribution in [0.25, 0.3) is 0 Å². The van der Waals surface area contributed by atoms with Gasteiger partial charge in [0.25, 0.3) is 0 Å². The van der Waals surface area contributed by atoms with Crippen LogP contribution in [-0.4, -0.2) is 23.8 Å². The normalized spacial score (nSPS) is 12.5. The van der Waals surface area contributed by atoms with E-state index in [0.29, 0.717) is 18.1 Å². The Kier molecular flexibility index (Phi) is 6.07. The van der Waals surface area contributed by atoms with Gasteiger partial charge in [-0.1, -0.05) is 51.1 Å². The van der Waals surface area contributed by atoms with Gasteiger partial charge in [0.15, 0.2) is 6.10 Å². The Morgan fingerprint density at radius 1 is 1.08 bits per heavy atom. The maximum atomic E-state index is 11.6. The lowest BCUT2D eigenvalue weighted by Crippen LogP contribution is -2.29. The number of ether oxygens (including phenoxy) is 2. The molecule has 2 aromatic rings. The molecule has 0 fully saturated rings. The maximum Gasteiger partial charge on any atom is 0.345 e. The average molecular weight is 342 g/mol. The van der Waals surface area contributed by atoms with Gasteiger partial charge in [0, 0.05) is 6.42 Å². The van der Waals surface area contributed by atoms with Crippen LogP contribution < -0.4 is 9.47 Å². The molecule has 2 aromatic carbocycles. The first kappa shape index (κ1) is 18.8. The summed E-state index contributed by atoms with van der Waals surface area (Å²) in [6.45, 7) is 8.83. The highest BCUT2D eigenvalue weighted by Crippen LogP contribution is 2.26. The van der Waals surface area contributed by atoms with Gasteiger partial charge in [-0.25, -0.2) is 4.79 Å². The quantitative estimate of drug-likeness (QED) is 0.807. The molecule has 0 aromatic heterocycles. The Hall–Kier alpha value is -2.49. The Morgan fingerprint density at radius 2 is 1.72 bits per heavy atom. The molecular weight excluding hydrogens is 316 g/mol. The van der Waals surface area contributed by atoms with Crippen LogP contribution in [0.4, 0.5) is 0 Å². The zero-order valence-corrected chi connectivity index (χ0v) is 15.3. The molecule has 0 saturated heterocycles. The molecule has 0 spiro atoms. The number of carbonyl (C=O) groups is 1. The highest BCUT2D eigenvalue weighted by atomic mass is 16.5. The number of aliphatic carboxylic acids is 1. The second-order valence-electron chi connectivity index (χ2n) is 6.96. The van der Waals surface area contributed by atoms with Gasteiger partial charge >= 0.3 is 5.97 Å². The monoisotopic (exact) mass is 342 g/mol. The molecule has 4 nitrogen and oxygen atoms in total. The summed E-state index contributed by atoms with van der Waals surface area (Å²) in [4.78, 5) is 11.6. The van der Waals surface area contributed by atoms with E-state index in [-0.39, 0.29) is 11.8 Å². The lowest BCUT2D eigenvalue weighted by molar-refractivity contribution is -0.145. The number of hydrogen-bond acceptors (Lipinski definition) is 3. The van der Waals surface area contributed by atoms with E-state index in [9.17, 15) is 9.90 Å². The van der Waals surface area contributed by atoms with Crippen molar-refractivity contribution in [2.75, 3.05) is 6.61 Å². The van der Waals surface area contributed by atoms with Gasteiger partial charge in [0.05, 0.1) is 6.61 Å². The highest BCUT2D eigenvalue weighted by molar-refractivity contribution is 5.73. The van der Waals surface area contributed by atoms with Crippen LogP contribution in [0, 0.1) is 0 Å². The molecule has 1 N–H and O–H groups in total. The van der Waals surface area contributed by atoms with Gasteiger partial charge in [-0.2, -0.15) is 0 Å². The Morgan fingerprint density at radius 3 is 2.28 bits per heavy atom. The van der Waals surface area contributed by atoms with Crippen molar-refractivity contribution >= 4 is 5.97 Å². The summed E-state index contributed by atoms with van der Waals surface area (Å²) in [5.74, 6) is 0.253. The minimum atomic E-state index is -0.994. The molecule has 0 aliphatic rings. The Bertz CT molecular complexity index is 699. The minimum absolute atomic E-state index is 0.0428. The first-order chi connectivity index (χ1) is 11.8. The fraction of sp³-hybridized carbons (Fsp3) is 0.381. The lowest BCUT2D eigenvalue weighted by atomic mass is 9.87. The summed E-state index contributed by atoms with van der Waals surface area (Å²) in [6, 6.07) is 15.1. The van der Waals surface area contributed by atoms with E-state index in [1.54, 1.807) is 0 Å². The highest BCUT2D eigenvalue weighted by Gasteiger charge is 2.22. The fourth-order valence-electron chi connectivity index (χ4n) is 2.55. The number of para-hydroxylation sites is 1. The van der Waals surface area contributed by atoms with Gasteiger partial charge < -0.3 is 14.6 Å². The number of benzene rings is 2. The molecule has 0 saturated carbocycles. The molecule has 134 valence electrons. The van der Waals surface area contributed by atoms with E-state index in [2.05, 4.69) is 20.8 Å². The van der Waals surface area contributed by atoms with Crippen LogP contribution in [0.15, 0.2) is 48.5 Å². The van der Waals surface area contributed by atoms with Crippen molar-refractivity contribution in [2.24, 2.45) is 0 Å². The second-order valence-corrected chi connectivity index (χ2v) is 6.96. The molecule has 0 aliphatic heterocycles. The molecule has 0 aliphatic carbocycles. The third-order valence-electron chi connectivity index (χ3n) is 3.95. The molecule has 0 radical (unpaired) electrons. The molecule has 1 atom stereocenters. The van der Waals surface area contributed by atoms with Crippen LogP contribution >= 0.6 is 0 Å². The standard InChI is InChI=1S/C21H26O4/c1-5-24-18-9-7-6-8-15(18)14-19(20(22)23)25-17-12-10-16(11-13-17)21(2,3)4/h6-13,19H,5,14H2,1-4H3,(H,22,23)/t19-/m0/s1. The molecule has 2 rings (SSSR count). The fourth-order valence-corrected chi connectivity index (χ4v) is 2.55. The van der Waals surface area contributed by atoms with Gasteiger partial charge in [-0.15, -0.1) is 0 Å². The van der Waals surface area contributed by atoms with Crippen molar-refractivity contribution in [1.29, 1.82) is 0 Å². The smallest absolute Gasteiger partial charge is 0.345 e. The van der Waals surface area contributed by atoms with E-state index >= 15 is 0 Å². The first-order valence-corrected chi connectivity index (χ1v) is 8.52. The van der Waals surface area contributed by atoms with Crippen molar-refractivity contribution < 1.29 is 19.4 Å². The van der Waals surface area contributed by atoms with Gasteiger partial charge in [0.2, 0.25) is 0 Å². The number of hydrogen-bond donors (Lipinski definition) is 1. The van der Waals surface area contributed by atoms with Crippen LogP contribution in [0.2, 0.25) is 0 Å². The van der Waals surface area contributed by atoms with Crippen LogP contribution in [0.3, 0.4) is 0 Å². The first-order valence-electron chi connectivity index (χ1n) is 8.52. The van der Waals surface area contributed by atoms with E-state index in [1.165, 1.54) is 5.56 Å². The van der Waals surface area contributed by atoms with Crippen molar-refractivity contribution in [3.05, 3.63) is 59.7 Å². The molecule has 4 heteroatoms. The zero-order valence-electron chi connectivity index (χ0n) is 15.3. The van der Waals surface area contributed by atoms with Crippen LogP contribution in [0.5, 0.6) is 11.5 Å². The Labute approximate surface area is 149 Å². The molecule has 0 bridgehead atoms. The summed E-state index contributed by atoms with van der Waals surface area (Å²) < 4.78 is 11.3. The van der Waals surface area contributed by atoms with Crippen LogP contribution in [0.1, 0.15) is 38.8 Å². The predicted octanol–water partition coefficient (Wildman–Crippen LogP) is 4.46. The summed E-state index contributed by atoms with van der Waals surface area (Å²) in [5, 5.41) is 9.53. The molecule has 0 heterocycles. The third kappa shape index (κ3) is 5.24. The summed E-state index contributed by atoms with van der Waals surface area (Å²) in [7, 11) is 0. The molecule has 0 unspecified atom stereocenters. The van der Waals surface area contributed by atoms with E-state index < -0.39 is 12.1 Å². The predicted molar refractivity (Wildman–Crippen MR) is 98.5 cm³/mol. The topological polar surface area (TPSA) is 55.8 Å². The van der Waals surface area contributed by atoms with Crippen molar-refractivity contribution in [3.63, 3.8) is 0 Å². The van der Waals surface area contributed by atoms with Gasteiger partial charge in [0.1, 0.15) is 11.5 Å². The summed E-state index contributed by atoms with van der Waals surface area (Å²) in [6.07, 6.45) is -0.728. The van der Waals surface area contributed by atoms with Gasteiger partial charge in [-0.05, 0) is 41.7 Å². The van der Waals surface area contributed by atoms with Crippen LogP contribution in [-0.2, 0) is 16.6 Å². The molecule has 25 heavy (non-hydrogen) atoms. The number of rotatable bonds is 7. The maximum absolute atomic E-state index is 11.6. The van der Waals surface area contributed by atoms with Crippen molar-refractivity contribution in [2.45, 2.75) is 45.6 Å². The molecule has 0 amide bonds. The number of carboxylic acid groups (broad SMARTS) is 1. The number of carboxylic acids is 1. The van der Waals surface area contributed by atoms with Crippen molar-refractivity contribution in [3.8, 4) is 11.5 Å². The largest absolute Gasteiger partial charge is 0.494 e. The Balaban J connectivity index is 2.15. The summed E-state index contributed by atoms with van der Waals surface area (Å²) in [5.41, 5.74) is 2.04. The lowest BCUT2D eigenvalue weighted by Gasteiger charge is -2.20. The van der Waals surface area contributed by atoms with E-state index in [4.69, 9.17) is 9.47 Å². The SMILES string of the molecule is CCOc1ccccc1C[C@H](Oc1ccc(C(C)(C)C)cc1)C(=O)O. The minimum Gasteiger partial charge on any atom is -0.494 e. The van der Waals surface area contributed by atoms with E-state index in [0.717, 1.165) is 5.56 Å². The van der Waals surface area contributed by atoms with E-state index in [1.807, 2.05) is 55.5 Å². The zero-order chi connectivity index (χ0) is 18.4.